The Labute approximate surface area is 202 Å². The van der Waals surface area contributed by atoms with Gasteiger partial charge in [-0.05, 0) is 0 Å². The van der Waals surface area contributed by atoms with Gasteiger partial charge >= 0.3 is 142 Å². The fourth-order valence-electron chi connectivity index (χ4n) is 0.653. The predicted octanol–water partition coefficient (Wildman–Crippen LogP) is -4.72. The number of hydrogen-bond donors (Lipinski definition) is 4. The van der Waals surface area contributed by atoms with Gasteiger partial charge in [-0.15, -0.1) is 0 Å². The molecule has 5 N–H and O–H groups in total. The quantitative estimate of drug-likeness (QED) is 0.212. The Hall–Kier alpha value is 1.84. The topological polar surface area (TPSA) is 164 Å². The number of carbonyl (C=O) groups excluding carboxylic acids is 1. The van der Waals surface area contributed by atoms with Crippen LogP contribution in [-0.2, 0) is 23.9 Å². The van der Waals surface area contributed by atoms with E-state index < -0.39 is 42.4 Å². The van der Waals surface area contributed by atoms with E-state index in [2.05, 4.69) is 4.74 Å². The van der Waals surface area contributed by atoms with Crippen molar-refractivity contribution >= 4 is 142 Å². The van der Waals surface area contributed by atoms with E-state index in [-0.39, 0.29) is 118 Å². The summed E-state index contributed by atoms with van der Waals surface area (Å²) in [6.07, 6.45) is -3.18. The van der Waals surface area contributed by atoms with Gasteiger partial charge < -0.3 is 25.8 Å². The van der Waals surface area contributed by atoms with Crippen molar-refractivity contribution in [2.45, 2.75) is 18.6 Å². The first-order valence-electron chi connectivity index (χ1n) is 3.89. The molecule has 20 heavy (non-hydrogen) atoms. The fraction of sp³-hybridized carbons (Fsp3) is 0.429. The van der Waals surface area contributed by atoms with Crippen molar-refractivity contribution in [3.63, 3.8) is 0 Å². The maximum absolute atomic E-state index is 10.9. The third-order valence-electron chi connectivity index (χ3n) is 1.40. The maximum atomic E-state index is 10.9. The van der Waals surface area contributed by atoms with Crippen molar-refractivity contribution in [2.75, 3.05) is 0 Å². The summed E-state index contributed by atoms with van der Waals surface area (Å²) >= 11 is 0. The van der Waals surface area contributed by atoms with E-state index in [1.54, 1.807) is 0 Å². The van der Waals surface area contributed by atoms with Gasteiger partial charge in [-0.2, -0.15) is 0 Å². The molecular formula is C7H13NNa4O8. The van der Waals surface area contributed by atoms with Crippen LogP contribution < -0.4 is 5.73 Å². The molecule has 0 saturated carbocycles. The van der Waals surface area contributed by atoms with Crippen LogP contribution in [0, 0.1) is 0 Å². The van der Waals surface area contributed by atoms with Gasteiger partial charge in [0, 0.05) is 0 Å². The van der Waals surface area contributed by atoms with Crippen molar-refractivity contribution in [1.82, 2.24) is 0 Å². The molecule has 0 aliphatic heterocycles. The molecule has 0 rings (SSSR count). The molecule has 0 aromatic carbocycles. The molecular weight excluding hydrogens is 318 g/mol. The Morgan fingerprint density at radius 2 is 1.20 bits per heavy atom. The number of rotatable bonds is 6. The summed E-state index contributed by atoms with van der Waals surface area (Å²) < 4.78 is 4.01. The second-order valence-electron chi connectivity index (χ2n) is 2.70. The van der Waals surface area contributed by atoms with Crippen molar-refractivity contribution in [2.24, 2.45) is 5.73 Å². The van der Waals surface area contributed by atoms with Crippen LogP contribution >= 0.6 is 0 Å². The summed E-state index contributed by atoms with van der Waals surface area (Å²) in [6.45, 7) is 0. The Morgan fingerprint density at radius 1 is 0.850 bits per heavy atom. The zero-order chi connectivity index (χ0) is 12.9. The van der Waals surface area contributed by atoms with Crippen LogP contribution in [0.2, 0.25) is 0 Å². The van der Waals surface area contributed by atoms with E-state index in [0.29, 0.717) is 0 Å². The number of esters is 1. The predicted molar refractivity (Wildman–Crippen MR) is 74.0 cm³/mol. The van der Waals surface area contributed by atoms with Crippen LogP contribution in [-0.4, -0.2) is 170 Å². The number of nitrogens with two attached hydrogens (primary N) is 1. The summed E-state index contributed by atoms with van der Waals surface area (Å²) in [5, 5.41) is 25.0. The number of carbonyl (C=O) groups is 4. The van der Waals surface area contributed by atoms with E-state index in [4.69, 9.17) is 21.1 Å². The molecule has 0 radical (unpaired) electrons. The van der Waals surface area contributed by atoms with Crippen LogP contribution in [0.5, 0.6) is 0 Å². The Bertz CT molecular complexity index is 325. The standard InChI is InChI=1S/C7H9NO8.4Na.4H/c8-2(5(10)11)1-3(9)16-4(6(12)13)7(14)15;;;;;;;;/h2,4H,1,8H2,(H,10,11)(H,12,13)(H,14,15);;;;;;;;/t2-;;;;;;;;/m0......../s1. The number of carboxylic acids is 3. The normalized spacial score (nSPS) is 9.50. The van der Waals surface area contributed by atoms with Gasteiger partial charge in [-0.25, -0.2) is 9.59 Å². The molecule has 98 valence electrons. The molecule has 0 aliphatic rings. The van der Waals surface area contributed by atoms with Gasteiger partial charge in [-0.3, -0.25) is 9.59 Å². The molecule has 0 aromatic heterocycles. The van der Waals surface area contributed by atoms with Crippen molar-refractivity contribution in [3.05, 3.63) is 0 Å². The number of aliphatic carboxylic acids is 3. The van der Waals surface area contributed by atoms with Gasteiger partial charge in [0.25, 0.3) is 6.10 Å². The van der Waals surface area contributed by atoms with E-state index >= 15 is 0 Å². The van der Waals surface area contributed by atoms with Gasteiger partial charge in [0.2, 0.25) is 0 Å². The average molecular weight is 331 g/mol. The number of hydrogen-bond acceptors (Lipinski definition) is 6. The van der Waals surface area contributed by atoms with Gasteiger partial charge in [0.15, 0.2) is 0 Å². The Kier molecular flexibility index (Phi) is 28.8. The molecule has 0 amide bonds. The van der Waals surface area contributed by atoms with Crippen LogP contribution in [0.1, 0.15) is 6.42 Å². The molecule has 0 aliphatic carbocycles. The van der Waals surface area contributed by atoms with E-state index in [1.165, 1.54) is 0 Å². The molecule has 1 atom stereocenters. The summed E-state index contributed by atoms with van der Waals surface area (Å²) in [4.78, 5) is 41.7. The van der Waals surface area contributed by atoms with Gasteiger partial charge in [0.05, 0.1) is 6.42 Å². The zero-order valence-electron chi connectivity index (χ0n) is 7.82. The zero-order valence-corrected chi connectivity index (χ0v) is 7.82. The average Bonchev–Trinajstić information content (AvgIpc) is 2.12. The minimum atomic E-state index is -2.37. The molecule has 13 heteroatoms. The molecule has 0 spiro atoms. The monoisotopic (exact) mass is 331 g/mol. The van der Waals surface area contributed by atoms with Crippen LogP contribution in [0.25, 0.3) is 0 Å². The molecule has 0 aromatic rings. The van der Waals surface area contributed by atoms with Crippen LogP contribution in [0.15, 0.2) is 0 Å². The summed E-state index contributed by atoms with van der Waals surface area (Å²) in [7, 11) is 0. The van der Waals surface area contributed by atoms with Crippen molar-refractivity contribution in [3.8, 4) is 0 Å². The summed E-state index contributed by atoms with van der Waals surface area (Å²) in [6, 6.07) is -1.57. The second kappa shape index (κ2) is 17.2. The Morgan fingerprint density at radius 3 is 1.45 bits per heavy atom. The third-order valence-corrected chi connectivity index (χ3v) is 1.40. The first kappa shape index (κ1) is 33.4. The molecule has 0 unspecified atom stereocenters. The Balaban J connectivity index is -0.000000187. The van der Waals surface area contributed by atoms with Crippen LogP contribution in [0.3, 0.4) is 0 Å². The van der Waals surface area contributed by atoms with E-state index in [0.717, 1.165) is 0 Å². The SMILES string of the molecule is N[C@@H](CC(=O)OC(C(=O)O)C(=O)O)C(=O)O.[NaH].[NaH].[NaH].[NaH]. The van der Waals surface area contributed by atoms with E-state index in [9.17, 15) is 19.2 Å². The van der Waals surface area contributed by atoms with Gasteiger partial charge in [0.1, 0.15) is 6.04 Å². The molecule has 0 fully saturated rings. The number of carboxylic acid groups (broad SMARTS) is 3. The minimum absolute atomic E-state index is 0. The number of ether oxygens (including phenoxy) is 1. The summed E-state index contributed by atoms with van der Waals surface area (Å²) in [5.41, 5.74) is 4.95. The fourth-order valence-corrected chi connectivity index (χ4v) is 0.653. The van der Waals surface area contributed by atoms with E-state index in [1.807, 2.05) is 0 Å². The molecule has 0 bridgehead atoms. The molecule has 9 nitrogen and oxygen atoms in total. The van der Waals surface area contributed by atoms with Crippen molar-refractivity contribution < 1.29 is 39.2 Å². The first-order chi connectivity index (χ1) is 7.25. The van der Waals surface area contributed by atoms with Crippen LogP contribution in [0.4, 0.5) is 0 Å². The van der Waals surface area contributed by atoms with Crippen molar-refractivity contribution in [1.29, 1.82) is 0 Å². The van der Waals surface area contributed by atoms with Gasteiger partial charge in [-0.1, -0.05) is 0 Å². The third kappa shape index (κ3) is 14.8. The second-order valence-corrected chi connectivity index (χ2v) is 2.70. The molecule has 0 heterocycles. The first-order valence-corrected chi connectivity index (χ1v) is 3.89. The summed E-state index contributed by atoms with van der Waals surface area (Å²) in [5.74, 6) is -6.54. The molecule has 0 saturated heterocycles.